The van der Waals surface area contributed by atoms with Crippen LogP contribution in [0.15, 0.2) is 24.1 Å². The van der Waals surface area contributed by atoms with E-state index >= 15 is 0 Å². The molecule has 0 saturated carbocycles. The summed E-state index contributed by atoms with van der Waals surface area (Å²) in [5.41, 5.74) is 0.289. The number of β-lactam (4-membered cyclic amide) rings is 1. The first-order valence-electron chi connectivity index (χ1n) is 5.73. The predicted octanol–water partition coefficient (Wildman–Crippen LogP) is 0.795. The summed E-state index contributed by atoms with van der Waals surface area (Å²) >= 11 is 1.62. The zero-order chi connectivity index (χ0) is 13.8. The van der Waals surface area contributed by atoms with Crippen LogP contribution in [0.3, 0.4) is 0 Å². The van der Waals surface area contributed by atoms with Crippen LogP contribution in [-0.4, -0.2) is 40.5 Å². The molecule has 0 N–H and O–H groups in total. The van der Waals surface area contributed by atoms with Crippen molar-refractivity contribution in [2.75, 3.05) is 12.4 Å². The lowest BCUT2D eigenvalue weighted by Crippen LogP contribution is -2.53. The third kappa shape index (κ3) is 3.17. The standard InChI is InChI=1S/C12H13NO5S/c1-8(14)17-4-2-5-18-12(16)9-3-6-19-11-7-10(15)13(9)11/h2-3,5,11H,4,6-7H2,1H3/b5-2+/t11-/m1/s1. The Morgan fingerprint density at radius 2 is 2.37 bits per heavy atom. The molecule has 1 fully saturated rings. The summed E-state index contributed by atoms with van der Waals surface area (Å²) in [7, 11) is 0. The maximum Gasteiger partial charge on any atom is 0.359 e. The molecule has 0 aromatic heterocycles. The molecule has 7 heteroatoms. The average molecular weight is 283 g/mol. The molecule has 2 heterocycles. The summed E-state index contributed by atoms with van der Waals surface area (Å²) in [5.74, 6) is -0.352. The van der Waals surface area contributed by atoms with Gasteiger partial charge in [-0.2, -0.15) is 0 Å². The van der Waals surface area contributed by atoms with E-state index in [2.05, 4.69) is 4.74 Å². The summed E-state index contributed by atoms with van der Waals surface area (Å²) in [6, 6.07) is 0. The van der Waals surface area contributed by atoms with Gasteiger partial charge in [0.15, 0.2) is 0 Å². The van der Waals surface area contributed by atoms with E-state index in [0.717, 1.165) is 6.26 Å². The molecule has 1 amide bonds. The SMILES string of the molecule is CC(=O)OC/C=C/OC(=O)C1=CCS[C@@H]2CC(=O)N12. The van der Waals surface area contributed by atoms with Gasteiger partial charge in [-0.3, -0.25) is 14.5 Å². The molecule has 2 aliphatic rings. The minimum absolute atomic E-state index is 0.0444. The molecule has 0 unspecified atom stereocenters. The second-order valence-electron chi connectivity index (χ2n) is 3.92. The van der Waals surface area contributed by atoms with E-state index in [0.29, 0.717) is 12.2 Å². The minimum atomic E-state index is -0.572. The van der Waals surface area contributed by atoms with Crippen LogP contribution in [0.25, 0.3) is 0 Å². The minimum Gasteiger partial charge on any atom is -0.462 e. The topological polar surface area (TPSA) is 72.9 Å². The van der Waals surface area contributed by atoms with Gasteiger partial charge in [0.25, 0.3) is 0 Å². The Morgan fingerprint density at radius 3 is 3.05 bits per heavy atom. The molecule has 0 aliphatic carbocycles. The molecule has 2 aliphatic heterocycles. The van der Waals surface area contributed by atoms with Crippen molar-refractivity contribution in [1.29, 1.82) is 0 Å². The monoisotopic (exact) mass is 283 g/mol. The van der Waals surface area contributed by atoms with Crippen LogP contribution in [0.1, 0.15) is 13.3 Å². The largest absolute Gasteiger partial charge is 0.462 e. The average Bonchev–Trinajstić information content (AvgIpc) is 2.35. The highest BCUT2D eigenvalue weighted by Crippen LogP contribution is 2.37. The van der Waals surface area contributed by atoms with Crippen molar-refractivity contribution in [3.63, 3.8) is 0 Å². The van der Waals surface area contributed by atoms with Crippen LogP contribution < -0.4 is 0 Å². The van der Waals surface area contributed by atoms with Gasteiger partial charge < -0.3 is 9.47 Å². The van der Waals surface area contributed by atoms with Crippen molar-refractivity contribution in [2.45, 2.75) is 18.7 Å². The number of fused-ring (bicyclic) bond motifs is 1. The van der Waals surface area contributed by atoms with Crippen LogP contribution in [0.5, 0.6) is 0 Å². The normalized spacial score (nSPS) is 21.5. The van der Waals surface area contributed by atoms with Crippen molar-refractivity contribution in [1.82, 2.24) is 4.90 Å². The van der Waals surface area contributed by atoms with E-state index in [-0.39, 0.29) is 23.6 Å². The molecular weight excluding hydrogens is 270 g/mol. The van der Waals surface area contributed by atoms with Gasteiger partial charge in [0.2, 0.25) is 5.91 Å². The molecule has 0 aromatic rings. The summed E-state index contributed by atoms with van der Waals surface area (Å²) in [4.78, 5) is 35.1. The smallest absolute Gasteiger partial charge is 0.359 e. The second-order valence-corrected chi connectivity index (χ2v) is 5.14. The van der Waals surface area contributed by atoms with Gasteiger partial charge in [-0.1, -0.05) is 0 Å². The molecule has 1 atom stereocenters. The van der Waals surface area contributed by atoms with Crippen LogP contribution in [-0.2, 0) is 23.9 Å². The molecule has 1 saturated heterocycles. The van der Waals surface area contributed by atoms with Gasteiger partial charge in [-0.25, -0.2) is 4.79 Å². The molecule has 0 radical (unpaired) electrons. The molecule has 6 nitrogen and oxygen atoms in total. The lowest BCUT2D eigenvalue weighted by atomic mass is 10.1. The van der Waals surface area contributed by atoms with Crippen LogP contribution in [0.4, 0.5) is 0 Å². The maximum absolute atomic E-state index is 11.8. The summed E-state index contributed by atoms with van der Waals surface area (Å²) < 4.78 is 9.52. The number of thioether (sulfide) groups is 1. The predicted molar refractivity (Wildman–Crippen MR) is 67.7 cm³/mol. The van der Waals surface area contributed by atoms with E-state index in [1.807, 2.05) is 0 Å². The number of amides is 1. The highest BCUT2D eigenvalue weighted by Gasteiger charge is 2.43. The fourth-order valence-corrected chi connectivity index (χ4v) is 2.82. The third-order valence-corrected chi connectivity index (χ3v) is 3.72. The Hall–Kier alpha value is -1.76. The Bertz CT molecular complexity index is 471. The quantitative estimate of drug-likeness (QED) is 0.431. The number of carbonyl (C=O) groups excluding carboxylic acids is 3. The third-order valence-electron chi connectivity index (χ3n) is 2.59. The lowest BCUT2D eigenvalue weighted by Gasteiger charge is -2.42. The fraction of sp³-hybridized carbons (Fsp3) is 0.417. The van der Waals surface area contributed by atoms with Crippen molar-refractivity contribution >= 4 is 29.6 Å². The molecular formula is C12H13NO5S. The summed E-state index contributed by atoms with van der Waals surface area (Å²) in [6.07, 6.45) is 4.72. The second kappa shape index (κ2) is 5.92. The van der Waals surface area contributed by atoms with Crippen LogP contribution >= 0.6 is 11.8 Å². The van der Waals surface area contributed by atoms with E-state index < -0.39 is 11.9 Å². The van der Waals surface area contributed by atoms with Crippen molar-refractivity contribution < 1.29 is 23.9 Å². The Kier molecular flexibility index (Phi) is 4.26. The molecule has 0 spiro atoms. The van der Waals surface area contributed by atoms with Gasteiger partial charge in [0, 0.05) is 12.7 Å². The number of carbonyl (C=O) groups is 3. The van der Waals surface area contributed by atoms with Crippen LogP contribution in [0.2, 0.25) is 0 Å². The Morgan fingerprint density at radius 1 is 1.58 bits per heavy atom. The number of nitrogens with zero attached hydrogens (tertiary/aromatic N) is 1. The first kappa shape index (κ1) is 13.7. The van der Waals surface area contributed by atoms with E-state index in [9.17, 15) is 14.4 Å². The summed E-state index contributed by atoms with van der Waals surface area (Å²) in [6.45, 7) is 1.34. The number of hydrogen-bond donors (Lipinski definition) is 0. The first-order valence-corrected chi connectivity index (χ1v) is 6.77. The van der Waals surface area contributed by atoms with Crippen molar-refractivity contribution in [2.24, 2.45) is 0 Å². The number of rotatable bonds is 4. The zero-order valence-electron chi connectivity index (χ0n) is 10.3. The van der Waals surface area contributed by atoms with Gasteiger partial charge >= 0.3 is 11.9 Å². The molecule has 19 heavy (non-hydrogen) atoms. The summed E-state index contributed by atoms with van der Waals surface area (Å²) in [5, 5.41) is 0.0603. The van der Waals surface area contributed by atoms with E-state index in [1.165, 1.54) is 17.9 Å². The molecule has 2 rings (SSSR count). The van der Waals surface area contributed by atoms with Gasteiger partial charge in [0.1, 0.15) is 12.3 Å². The van der Waals surface area contributed by atoms with Gasteiger partial charge in [0.05, 0.1) is 18.1 Å². The fourth-order valence-electron chi connectivity index (χ4n) is 1.70. The van der Waals surface area contributed by atoms with Gasteiger partial charge in [-0.15, -0.1) is 11.8 Å². The highest BCUT2D eigenvalue weighted by molar-refractivity contribution is 8.00. The van der Waals surface area contributed by atoms with E-state index in [1.54, 1.807) is 17.8 Å². The maximum atomic E-state index is 11.8. The van der Waals surface area contributed by atoms with Crippen molar-refractivity contribution in [3.05, 3.63) is 24.1 Å². The lowest BCUT2D eigenvalue weighted by molar-refractivity contribution is -0.146. The molecule has 102 valence electrons. The number of ether oxygens (including phenoxy) is 2. The molecule has 0 aromatic carbocycles. The van der Waals surface area contributed by atoms with Gasteiger partial charge in [-0.05, 0) is 12.2 Å². The number of esters is 2. The Balaban J connectivity index is 1.84. The molecule has 0 bridgehead atoms. The number of hydrogen-bond acceptors (Lipinski definition) is 6. The Labute approximate surface area is 114 Å². The first-order chi connectivity index (χ1) is 9.09. The van der Waals surface area contributed by atoms with Crippen molar-refractivity contribution in [3.8, 4) is 0 Å². The highest BCUT2D eigenvalue weighted by atomic mass is 32.2. The zero-order valence-corrected chi connectivity index (χ0v) is 11.1. The van der Waals surface area contributed by atoms with E-state index in [4.69, 9.17) is 4.74 Å². The van der Waals surface area contributed by atoms with Crippen LogP contribution in [0, 0.1) is 0 Å².